The third kappa shape index (κ3) is 2.13. The third-order valence-corrected chi connectivity index (χ3v) is 0.481. The van der Waals surface area contributed by atoms with Gasteiger partial charge in [-0.15, -0.1) is 0 Å². The van der Waals surface area contributed by atoms with Crippen molar-refractivity contribution in [2.75, 3.05) is 7.05 Å². The monoisotopic (exact) mass is 105 g/mol. The topological polar surface area (TPSA) is 69.6 Å². The number of hydrogen-bond acceptors (Lipinski definition) is 3. The van der Waals surface area contributed by atoms with Gasteiger partial charge in [-0.2, -0.15) is 0 Å². The zero-order valence-electron chi connectivity index (χ0n) is 3.88. The predicted octanol–water partition coefficient (Wildman–Crippen LogP) is -1.96. The zero-order chi connectivity index (χ0) is 5.86. The van der Waals surface area contributed by atoms with Crippen LogP contribution in [0.3, 0.4) is 0 Å². The van der Waals surface area contributed by atoms with Crippen molar-refractivity contribution in [1.82, 2.24) is 5.32 Å². The lowest BCUT2D eigenvalue weighted by atomic mass is 10.6. The van der Waals surface area contributed by atoms with Crippen LogP contribution in [-0.2, 0) is 4.79 Å². The van der Waals surface area contributed by atoms with Gasteiger partial charge in [0.15, 0.2) is 0 Å². The van der Waals surface area contributed by atoms with Crippen LogP contribution in [0.2, 0.25) is 0 Å². The second kappa shape index (κ2) is 2.54. The fourth-order valence-electron chi connectivity index (χ4n) is 0.129. The van der Waals surface area contributed by atoms with Gasteiger partial charge < -0.3 is 15.5 Å². The molecule has 3 N–H and O–H groups in total. The fourth-order valence-corrected chi connectivity index (χ4v) is 0.129. The van der Waals surface area contributed by atoms with Crippen molar-refractivity contribution in [2.45, 2.75) is 6.29 Å². The number of hydrogen-bond donors (Lipinski definition) is 3. The molecule has 0 radical (unpaired) electrons. The number of rotatable bonds is 1. The molecule has 0 rings (SSSR count). The zero-order valence-corrected chi connectivity index (χ0v) is 3.88. The Kier molecular flexibility index (Phi) is 2.32. The lowest BCUT2D eigenvalue weighted by Crippen LogP contribution is -2.30. The van der Waals surface area contributed by atoms with E-state index < -0.39 is 12.2 Å². The van der Waals surface area contributed by atoms with Crippen LogP contribution >= 0.6 is 0 Å². The second-order valence-corrected chi connectivity index (χ2v) is 0.988. The lowest BCUT2D eigenvalue weighted by molar-refractivity contribution is -0.146. The molecule has 1 amide bonds. The summed E-state index contributed by atoms with van der Waals surface area (Å²) in [7, 11) is 1.32. The number of amides is 1. The van der Waals surface area contributed by atoms with E-state index in [9.17, 15) is 4.79 Å². The van der Waals surface area contributed by atoms with Gasteiger partial charge in [-0.25, -0.2) is 0 Å². The summed E-state index contributed by atoms with van der Waals surface area (Å²) in [6.07, 6.45) is -1.88. The molecule has 0 bridgehead atoms. The standard InChI is InChI=1S/C3H7NO3/c1-4-2(5)3(6)7/h3,6-7H,1H3,(H,4,5). The number of nitrogens with one attached hydrogen (secondary N) is 1. The van der Waals surface area contributed by atoms with Crippen molar-refractivity contribution in [3.8, 4) is 0 Å². The van der Waals surface area contributed by atoms with Gasteiger partial charge in [0.2, 0.25) is 6.29 Å². The first kappa shape index (κ1) is 6.39. The average molecular weight is 105 g/mol. The maximum atomic E-state index is 9.90. The Morgan fingerprint density at radius 1 is 1.71 bits per heavy atom. The summed E-state index contributed by atoms with van der Waals surface area (Å²) < 4.78 is 0. The summed E-state index contributed by atoms with van der Waals surface area (Å²) in [5.41, 5.74) is 0. The van der Waals surface area contributed by atoms with E-state index >= 15 is 0 Å². The van der Waals surface area contributed by atoms with E-state index in [1.807, 2.05) is 5.32 Å². The molecule has 4 nitrogen and oxygen atoms in total. The minimum atomic E-state index is -1.88. The van der Waals surface area contributed by atoms with Crippen molar-refractivity contribution in [2.24, 2.45) is 0 Å². The Morgan fingerprint density at radius 2 is 2.14 bits per heavy atom. The molecule has 0 aromatic heterocycles. The van der Waals surface area contributed by atoms with E-state index in [1.165, 1.54) is 7.05 Å². The largest absolute Gasteiger partial charge is 0.361 e. The minimum Gasteiger partial charge on any atom is -0.361 e. The Morgan fingerprint density at radius 3 is 2.14 bits per heavy atom. The summed E-state index contributed by atoms with van der Waals surface area (Å²) in [5.74, 6) is -0.792. The molecule has 0 aliphatic heterocycles. The van der Waals surface area contributed by atoms with Crippen molar-refractivity contribution in [1.29, 1.82) is 0 Å². The van der Waals surface area contributed by atoms with Crippen LogP contribution < -0.4 is 5.32 Å². The number of aliphatic hydroxyl groups excluding tert-OH is 1. The summed E-state index contributed by atoms with van der Waals surface area (Å²) in [6.45, 7) is 0. The molecular weight excluding hydrogens is 98.0 g/mol. The maximum Gasteiger partial charge on any atom is 0.276 e. The van der Waals surface area contributed by atoms with Crippen LogP contribution in [0.25, 0.3) is 0 Å². The highest BCUT2D eigenvalue weighted by Gasteiger charge is 2.04. The summed E-state index contributed by atoms with van der Waals surface area (Å²) in [5, 5.41) is 18.0. The van der Waals surface area contributed by atoms with Crippen LogP contribution in [-0.4, -0.2) is 29.5 Å². The first-order valence-electron chi connectivity index (χ1n) is 1.76. The lowest BCUT2D eigenvalue weighted by Gasteiger charge is -1.97. The van der Waals surface area contributed by atoms with E-state index in [4.69, 9.17) is 10.2 Å². The van der Waals surface area contributed by atoms with Crippen LogP contribution in [0.1, 0.15) is 0 Å². The molecule has 7 heavy (non-hydrogen) atoms. The van der Waals surface area contributed by atoms with Gasteiger partial charge in [-0.3, -0.25) is 4.79 Å². The van der Waals surface area contributed by atoms with Crippen molar-refractivity contribution in [3.63, 3.8) is 0 Å². The number of carbonyl (C=O) groups is 1. The quantitative estimate of drug-likeness (QED) is 0.339. The van der Waals surface area contributed by atoms with Gasteiger partial charge in [0.1, 0.15) is 0 Å². The highest BCUT2D eigenvalue weighted by atomic mass is 16.5. The minimum absolute atomic E-state index is 0.792. The van der Waals surface area contributed by atoms with Gasteiger partial charge in [0.05, 0.1) is 0 Å². The molecule has 0 aromatic carbocycles. The molecule has 0 saturated heterocycles. The molecule has 0 fully saturated rings. The van der Waals surface area contributed by atoms with E-state index in [-0.39, 0.29) is 0 Å². The Bertz CT molecular complexity index is 70.6. The average Bonchev–Trinajstić information content (AvgIpc) is 1.65. The van der Waals surface area contributed by atoms with Crippen molar-refractivity contribution >= 4 is 5.91 Å². The molecule has 4 heteroatoms. The Balaban J connectivity index is 3.35. The predicted molar refractivity (Wildman–Crippen MR) is 22.3 cm³/mol. The molecule has 0 heterocycles. The normalized spacial score (nSPS) is 9.14. The first-order valence-corrected chi connectivity index (χ1v) is 1.76. The molecule has 0 aliphatic carbocycles. The Labute approximate surface area is 40.8 Å². The molecule has 0 saturated carbocycles. The number of aliphatic hydroxyl groups is 2. The van der Waals surface area contributed by atoms with Crippen LogP contribution in [0.15, 0.2) is 0 Å². The van der Waals surface area contributed by atoms with E-state index in [1.54, 1.807) is 0 Å². The molecule has 0 spiro atoms. The van der Waals surface area contributed by atoms with E-state index in [2.05, 4.69) is 0 Å². The second-order valence-electron chi connectivity index (χ2n) is 0.988. The van der Waals surface area contributed by atoms with Crippen LogP contribution in [0.5, 0.6) is 0 Å². The van der Waals surface area contributed by atoms with Gasteiger partial charge in [-0.05, 0) is 0 Å². The van der Waals surface area contributed by atoms with E-state index in [0.717, 1.165) is 0 Å². The van der Waals surface area contributed by atoms with Crippen molar-refractivity contribution < 1.29 is 15.0 Å². The van der Waals surface area contributed by atoms with Crippen LogP contribution in [0, 0.1) is 0 Å². The highest BCUT2D eigenvalue weighted by Crippen LogP contribution is 1.68. The van der Waals surface area contributed by atoms with Gasteiger partial charge >= 0.3 is 0 Å². The number of carbonyl (C=O) groups excluding carboxylic acids is 1. The molecule has 0 aromatic rings. The maximum absolute atomic E-state index is 9.90. The summed E-state index contributed by atoms with van der Waals surface area (Å²) in [6, 6.07) is 0. The molecule has 0 unspecified atom stereocenters. The Hall–Kier alpha value is -0.610. The first-order chi connectivity index (χ1) is 3.18. The summed E-state index contributed by atoms with van der Waals surface area (Å²) >= 11 is 0. The smallest absolute Gasteiger partial charge is 0.276 e. The highest BCUT2D eigenvalue weighted by molar-refractivity contribution is 5.78. The number of likely N-dealkylation sites (N-methyl/N-ethyl adjacent to an activating group) is 1. The molecular formula is C3H7NO3. The molecule has 42 valence electrons. The van der Waals surface area contributed by atoms with Gasteiger partial charge in [0.25, 0.3) is 5.91 Å². The van der Waals surface area contributed by atoms with Gasteiger partial charge in [-0.1, -0.05) is 0 Å². The third-order valence-electron chi connectivity index (χ3n) is 0.481. The van der Waals surface area contributed by atoms with Gasteiger partial charge in [0, 0.05) is 7.05 Å². The SMILES string of the molecule is CNC(=O)C(O)O. The van der Waals surface area contributed by atoms with Crippen molar-refractivity contribution in [3.05, 3.63) is 0 Å². The fraction of sp³-hybridized carbons (Fsp3) is 0.667. The molecule has 0 aliphatic rings. The van der Waals surface area contributed by atoms with Crippen LogP contribution in [0.4, 0.5) is 0 Å². The van der Waals surface area contributed by atoms with E-state index in [0.29, 0.717) is 0 Å². The summed E-state index contributed by atoms with van der Waals surface area (Å²) in [4.78, 5) is 9.90. The molecule has 0 atom stereocenters.